The van der Waals surface area contributed by atoms with E-state index in [-0.39, 0.29) is 11.6 Å². The Labute approximate surface area is 112 Å². The van der Waals surface area contributed by atoms with E-state index in [2.05, 4.69) is 25.5 Å². The fraction of sp³-hybridized carbons (Fsp3) is 0.800. The maximum Gasteiger partial charge on any atom is 0.309 e. The predicted octanol–water partition coefficient (Wildman–Crippen LogP) is 3.87. The number of esters is 1. The monoisotopic (exact) mass is 256 g/mol. The molecule has 0 aliphatic heterocycles. The number of carbonyl (C=O) groups is 1. The Kier molecular flexibility index (Phi) is 8.73. The molecule has 0 saturated carbocycles. The number of allylic oxidation sites excluding steroid dienone is 1. The van der Waals surface area contributed by atoms with Gasteiger partial charge in [0.2, 0.25) is 0 Å². The van der Waals surface area contributed by atoms with E-state index in [1.165, 1.54) is 12.7 Å². The van der Waals surface area contributed by atoms with E-state index >= 15 is 0 Å². The van der Waals surface area contributed by atoms with Crippen molar-refractivity contribution in [2.24, 2.45) is 0 Å². The summed E-state index contributed by atoms with van der Waals surface area (Å²) in [6.45, 7) is 6.39. The molecular weight excluding hydrogens is 228 g/mol. The van der Waals surface area contributed by atoms with Crippen molar-refractivity contribution < 1.29 is 14.3 Å². The molecule has 0 aromatic carbocycles. The van der Waals surface area contributed by atoms with Crippen molar-refractivity contribution in [2.75, 3.05) is 14.2 Å². The molecule has 0 bridgehead atoms. The van der Waals surface area contributed by atoms with E-state index < -0.39 is 0 Å². The highest BCUT2D eigenvalue weighted by Gasteiger charge is 2.19. The topological polar surface area (TPSA) is 35.5 Å². The predicted molar refractivity (Wildman–Crippen MR) is 74.6 cm³/mol. The van der Waals surface area contributed by atoms with Crippen molar-refractivity contribution in [3.05, 3.63) is 11.6 Å². The first kappa shape index (κ1) is 17.2. The van der Waals surface area contributed by atoms with Crippen LogP contribution in [0.5, 0.6) is 0 Å². The van der Waals surface area contributed by atoms with Crippen LogP contribution in [0, 0.1) is 0 Å². The first-order chi connectivity index (χ1) is 8.47. The van der Waals surface area contributed by atoms with Gasteiger partial charge in [0.15, 0.2) is 0 Å². The van der Waals surface area contributed by atoms with E-state index in [1.54, 1.807) is 7.11 Å². The molecule has 0 amide bonds. The molecular formula is C15H28O3. The summed E-state index contributed by atoms with van der Waals surface area (Å²) in [4.78, 5) is 11.0. The van der Waals surface area contributed by atoms with Gasteiger partial charge in [-0.1, -0.05) is 25.0 Å². The third-order valence-electron chi connectivity index (χ3n) is 3.61. The number of carbonyl (C=O) groups excluding carboxylic acids is 1. The van der Waals surface area contributed by atoms with Crippen LogP contribution in [0.3, 0.4) is 0 Å². The van der Waals surface area contributed by atoms with Crippen molar-refractivity contribution in [1.82, 2.24) is 0 Å². The quantitative estimate of drug-likeness (QED) is 0.357. The average molecular weight is 256 g/mol. The number of hydrogen-bond acceptors (Lipinski definition) is 3. The number of ether oxygens (including phenoxy) is 2. The SMILES string of the molecule is CCC(C)(CCCC/C(C)=C/CC(=O)OC)OC. The lowest BCUT2D eigenvalue weighted by Crippen LogP contribution is -2.25. The highest BCUT2D eigenvalue weighted by Crippen LogP contribution is 2.22. The molecule has 3 nitrogen and oxygen atoms in total. The van der Waals surface area contributed by atoms with Crippen LogP contribution in [0.25, 0.3) is 0 Å². The smallest absolute Gasteiger partial charge is 0.309 e. The lowest BCUT2D eigenvalue weighted by atomic mass is 9.94. The molecule has 0 rings (SSSR count). The van der Waals surface area contributed by atoms with E-state index in [0.29, 0.717) is 6.42 Å². The lowest BCUT2D eigenvalue weighted by molar-refractivity contribution is -0.139. The van der Waals surface area contributed by atoms with E-state index in [1.807, 2.05) is 6.08 Å². The first-order valence-corrected chi connectivity index (χ1v) is 6.75. The molecule has 106 valence electrons. The fourth-order valence-electron chi connectivity index (χ4n) is 1.77. The number of unbranched alkanes of at least 4 members (excludes halogenated alkanes) is 1. The Morgan fingerprint density at radius 3 is 2.44 bits per heavy atom. The minimum atomic E-state index is -0.174. The van der Waals surface area contributed by atoms with Gasteiger partial charge in [0.1, 0.15) is 0 Å². The van der Waals surface area contributed by atoms with Gasteiger partial charge in [-0.05, 0) is 39.5 Å². The highest BCUT2D eigenvalue weighted by atomic mass is 16.5. The average Bonchev–Trinajstić information content (AvgIpc) is 2.40. The molecule has 0 fully saturated rings. The first-order valence-electron chi connectivity index (χ1n) is 6.75. The zero-order chi connectivity index (χ0) is 14.0. The Morgan fingerprint density at radius 2 is 1.94 bits per heavy atom. The summed E-state index contributed by atoms with van der Waals surface area (Å²) in [5, 5.41) is 0. The molecule has 1 atom stereocenters. The van der Waals surface area contributed by atoms with E-state index in [4.69, 9.17) is 4.74 Å². The molecule has 0 radical (unpaired) electrons. The molecule has 18 heavy (non-hydrogen) atoms. The van der Waals surface area contributed by atoms with Gasteiger partial charge in [0.05, 0.1) is 19.1 Å². The summed E-state index contributed by atoms with van der Waals surface area (Å²) in [5.74, 6) is -0.174. The Morgan fingerprint density at radius 1 is 1.28 bits per heavy atom. The minimum Gasteiger partial charge on any atom is -0.469 e. The van der Waals surface area contributed by atoms with Gasteiger partial charge in [-0.2, -0.15) is 0 Å². The summed E-state index contributed by atoms with van der Waals surface area (Å²) in [7, 11) is 3.20. The maximum absolute atomic E-state index is 11.0. The largest absolute Gasteiger partial charge is 0.469 e. The highest BCUT2D eigenvalue weighted by molar-refractivity contribution is 5.71. The second kappa shape index (κ2) is 9.15. The van der Waals surface area contributed by atoms with Gasteiger partial charge < -0.3 is 9.47 Å². The molecule has 0 aliphatic rings. The van der Waals surface area contributed by atoms with Crippen LogP contribution in [0.15, 0.2) is 11.6 Å². The molecule has 0 aliphatic carbocycles. The second-order valence-electron chi connectivity index (χ2n) is 5.05. The van der Waals surface area contributed by atoms with Crippen LogP contribution >= 0.6 is 0 Å². The normalized spacial score (nSPS) is 15.3. The molecule has 3 heteroatoms. The van der Waals surface area contributed by atoms with Gasteiger partial charge in [-0.3, -0.25) is 4.79 Å². The van der Waals surface area contributed by atoms with Crippen molar-refractivity contribution in [1.29, 1.82) is 0 Å². The summed E-state index contributed by atoms with van der Waals surface area (Å²) in [6.07, 6.45) is 7.81. The summed E-state index contributed by atoms with van der Waals surface area (Å²) in [5.41, 5.74) is 1.28. The molecule has 1 unspecified atom stereocenters. The van der Waals surface area contributed by atoms with Crippen LogP contribution in [0.4, 0.5) is 0 Å². The minimum absolute atomic E-state index is 0.0175. The zero-order valence-corrected chi connectivity index (χ0v) is 12.5. The number of hydrogen-bond donors (Lipinski definition) is 0. The Hall–Kier alpha value is -0.830. The lowest BCUT2D eigenvalue weighted by Gasteiger charge is -2.26. The Balaban J connectivity index is 3.81. The Bertz CT molecular complexity index is 265. The maximum atomic E-state index is 11.0. The van der Waals surface area contributed by atoms with Gasteiger partial charge in [0.25, 0.3) is 0 Å². The van der Waals surface area contributed by atoms with Gasteiger partial charge in [-0.15, -0.1) is 0 Å². The van der Waals surface area contributed by atoms with Gasteiger partial charge in [-0.25, -0.2) is 0 Å². The van der Waals surface area contributed by atoms with Crippen molar-refractivity contribution in [3.8, 4) is 0 Å². The number of methoxy groups -OCH3 is 2. The van der Waals surface area contributed by atoms with Crippen LogP contribution in [0.1, 0.15) is 59.3 Å². The summed E-state index contributed by atoms with van der Waals surface area (Å²) >= 11 is 0. The van der Waals surface area contributed by atoms with Crippen LogP contribution in [0.2, 0.25) is 0 Å². The molecule has 0 aromatic heterocycles. The summed E-state index contributed by atoms with van der Waals surface area (Å²) < 4.78 is 10.1. The molecule has 0 spiro atoms. The zero-order valence-electron chi connectivity index (χ0n) is 12.5. The van der Waals surface area contributed by atoms with Crippen molar-refractivity contribution in [3.63, 3.8) is 0 Å². The molecule has 0 saturated heterocycles. The standard InChI is InChI=1S/C15H28O3/c1-6-15(3,18-5)12-8-7-9-13(2)10-11-14(16)17-4/h10H,6-9,11-12H2,1-5H3/b13-10+. The van der Waals surface area contributed by atoms with Gasteiger partial charge >= 0.3 is 5.97 Å². The fourth-order valence-corrected chi connectivity index (χ4v) is 1.77. The van der Waals surface area contributed by atoms with Crippen LogP contribution in [-0.4, -0.2) is 25.8 Å². The second-order valence-corrected chi connectivity index (χ2v) is 5.05. The van der Waals surface area contributed by atoms with E-state index in [0.717, 1.165) is 32.1 Å². The third kappa shape index (κ3) is 7.49. The summed E-state index contributed by atoms with van der Waals surface area (Å²) in [6, 6.07) is 0. The molecule has 0 heterocycles. The molecule has 0 N–H and O–H groups in total. The van der Waals surface area contributed by atoms with Crippen LogP contribution < -0.4 is 0 Å². The third-order valence-corrected chi connectivity index (χ3v) is 3.61. The molecule has 0 aromatic rings. The van der Waals surface area contributed by atoms with Crippen molar-refractivity contribution in [2.45, 2.75) is 64.9 Å². The van der Waals surface area contributed by atoms with Gasteiger partial charge in [0, 0.05) is 7.11 Å². The van der Waals surface area contributed by atoms with Crippen LogP contribution in [-0.2, 0) is 14.3 Å². The van der Waals surface area contributed by atoms with Crippen molar-refractivity contribution >= 4 is 5.97 Å². The van der Waals surface area contributed by atoms with E-state index in [9.17, 15) is 4.79 Å². The number of rotatable bonds is 9.